The summed E-state index contributed by atoms with van der Waals surface area (Å²) in [5.41, 5.74) is 0.529. The highest BCUT2D eigenvalue weighted by Gasteiger charge is 2.33. The summed E-state index contributed by atoms with van der Waals surface area (Å²) in [4.78, 5) is 24.3. The van der Waals surface area contributed by atoms with E-state index in [0.29, 0.717) is 17.7 Å². The first-order valence-electron chi connectivity index (χ1n) is 6.01. The Kier molecular flexibility index (Phi) is 3.88. The molecule has 102 valence electrons. The number of rotatable bonds is 3. The first kappa shape index (κ1) is 14.3. The number of hydrogen-bond acceptors (Lipinski definition) is 2. The van der Waals surface area contributed by atoms with Crippen LogP contribution in [-0.4, -0.2) is 31.8 Å². The lowest BCUT2D eigenvalue weighted by molar-refractivity contribution is 0.0738. The average Bonchev–Trinajstić information content (AvgIpc) is 2.56. The highest BCUT2D eigenvalue weighted by atomic mass is 16.4. The second-order valence-electron chi connectivity index (χ2n) is 5.32. The Morgan fingerprint density at radius 1 is 1.39 bits per heavy atom. The predicted octanol–water partition coefficient (Wildman–Crippen LogP) is 2.10. The lowest BCUT2D eigenvalue weighted by Gasteiger charge is -2.37. The van der Waals surface area contributed by atoms with Crippen molar-refractivity contribution in [3.8, 4) is 0 Å². The summed E-state index contributed by atoms with van der Waals surface area (Å²) in [7, 11) is 0. The summed E-state index contributed by atoms with van der Waals surface area (Å²) in [6, 6.07) is -0.406. The van der Waals surface area contributed by atoms with Crippen LogP contribution in [0.2, 0.25) is 0 Å². The fourth-order valence-electron chi connectivity index (χ4n) is 2.27. The van der Waals surface area contributed by atoms with Gasteiger partial charge in [0.15, 0.2) is 0 Å². The molecule has 0 aromatic carbocycles. The van der Waals surface area contributed by atoms with E-state index in [1.54, 1.807) is 6.92 Å². The molecule has 0 saturated heterocycles. The number of nitrogens with zero attached hydrogens (tertiary/aromatic N) is 1. The van der Waals surface area contributed by atoms with Gasteiger partial charge in [-0.15, -0.1) is 0 Å². The van der Waals surface area contributed by atoms with Gasteiger partial charge < -0.3 is 5.11 Å². The topological polar surface area (TPSA) is 89.2 Å². The molecule has 1 aromatic rings. The van der Waals surface area contributed by atoms with Gasteiger partial charge in [-0.05, 0) is 34.1 Å². The second kappa shape index (κ2) is 4.88. The summed E-state index contributed by atoms with van der Waals surface area (Å²) in [5, 5.41) is 14.6. The van der Waals surface area contributed by atoms with Crippen LogP contribution >= 0.6 is 0 Å². The maximum absolute atomic E-state index is 11.6. The van der Waals surface area contributed by atoms with Crippen molar-refractivity contribution < 1.29 is 9.90 Å². The second-order valence-corrected chi connectivity index (χ2v) is 5.32. The number of H-pyrrole nitrogens is 2. The van der Waals surface area contributed by atoms with Crippen molar-refractivity contribution in [2.75, 3.05) is 0 Å². The van der Waals surface area contributed by atoms with Crippen molar-refractivity contribution in [2.24, 2.45) is 0 Å². The van der Waals surface area contributed by atoms with E-state index in [2.05, 4.69) is 10.2 Å². The van der Waals surface area contributed by atoms with Gasteiger partial charge in [0.2, 0.25) is 0 Å². The van der Waals surface area contributed by atoms with Crippen molar-refractivity contribution >= 4 is 6.09 Å². The minimum atomic E-state index is -1.00. The Hall–Kier alpha value is -1.72. The molecule has 0 radical (unpaired) electrons. The fraction of sp³-hybridized carbons (Fsp3) is 0.667. The van der Waals surface area contributed by atoms with E-state index in [1.807, 2.05) is 27.7 Å². The molecule has 1 amide bonds. The van der Waals surface area contributed by atoms with Crippen LogP contribution in [0.1, 0.15) is 51.9 Å². The third kappa shape index (κ3) is 2.57. The molecule has 6 heteroatoms. The molecule has 1 heterocycles. The van der Waals surface area contributed by atoms with Gasteiger partial charge in [-0.2, -0.15) is 0 Å². The van der Waals surface area contributed by atoms with Crippen molar-refractivity contribution in [3.05, 3.63) is 21.6 Å². The van der Waals surface area contributed by atoms with E-state index < -0.39 is 17.7 Å². The molecule has 18 heavy (non-hydrogen) atoms. The number of aromatic nitrogens is 2. The van der Waals surface area contributed by atoms with E-state index in [-0.39, 0.29) is 5.56 Å². The van der Waals surface area contributed by atoms with Crippen LogP contribution in [0.3, 0.4) is 0 Å². The van der Waals surface area contributed by atoms with Crippen LogP contribution in [0, 0.1) is 0 Å². The van der Waals surface area contributed by atoms with Gasteiger partial charge in [0.05, 0.1) is 11.7 Å². The Bertz CT molecular complexity index is 481. The number of carboxylic acid groups (broad SMARTS) is 1. The molecule has 0 fully saturated rings. The summed E-state index contributed by atoms with van der Waals surface area (Å²) in [6.45, 7) is 9.13. The Balaban J connectivity index is 3.22. The molecule has 0 aliphatic carbocycles. The predicted molar refractivity (Wildman–Crippen MR) is 68.8 cm³/mol. The highest BCUT2D eigenvalue weighted by Crippen LogP contribution is 2.27. The molecular weight excluding hydrogens is 234 g/mol. The molecule has 0 aliphatic rings. The van der Waals surface area contributed by atoms with Gasteiger partial charge in [0, 0.05) is 11.1 Å². The van der Waals surface area contributed by atoms with E-state index in [9.17, 15) is 14.7 Å². The summed E-state index contributed by atoms with van der Waals surface area (Å²) < 4.78 is 0. The minimum absolute atomic E-state index is 0.182. The zero-order valence-electron chi connectivity index (χ0n) is 11.5. The van der Waals surface area contributed by atoms with Gasteiger partial charge >= 0.3 is 6.09 Å². The SMILES string of the molecule is CCc1c(C(C)N(C(=O)O)C(C)(C)C)[nH][nH]c1=O. The van der Waals surface area contributed by atoms with Crippen LogP contribution in [0.15, 0.2) is 4.79 Å². The fourth-order valence-corrected chi connectivity index (χ4v) is 2.27. The molecule has 3 N–H and O–H groups in total. The summed E-state index contributed by atoms with van der Waals surface area (Å²) in [5.74, 6) is 0. The van der Waals surface area contributed by atoms with Crippen LogP contribution in [0.4, 0.5) is 4.79 Å². The van der Waals surface area contributed by atoms with Crippen molar-refractivity contribution in [1.29, 1.82) is 0 Å². The van der Waals surface area contributed by atoms with Crippen LogP contribution in [-0.2, 0) is 6.42 Å². The first-order valence-corrected chi connectivity index (χ1v) is 6.01. The van der Waals surface area contributed by atoms with Gasteiger partial charge in [0.1, 0.15) is 0 Å². The van der Waals surface area contributed by atoms with E-state index in [0.717, 1.165) is 0 Å². The molecule has 1 aromatic heterocycles. The van der Waals surface area contributed by atoms with Crippen LogP contribution in [0.25, 0.3) is 0 Å². The summed E-state index contributed by atoms with van der Waals surface area (Å²) >= 11 is 0. The average molecular weight is 255 g/mol. The van der Waals surface area contributed by atoms with Crippen molar-refractivity contribution in [1.82, 2.24) is 15.1 Å². The molecule has 0 saturated carbocycles. The van der Waals surface area contributed by atoms with Gasteiger partial charge in [0.25, 0.3) is 5.56 Å². The third-order valence-electron chi connectivity index (χ3n) is 3.00. The Labute approximate surface area is 106 Å². The third-order valence-corrected chi connectivity index (χ3v) is 3.00. The number of aromatic amines is 2. The molecular formula is C12H21N3O3. The molecule has 0 spiro atoms. The summed E-state index contributed by atoms with van der Waals surface area (Å²) in [6.07, 6.45) is -0.435. The first-order chi connectivity index (χ1) is 8.20. The van der Waals surface area contributed by atoms with E-state index in [1.165, 1.54) is 4.90 Å². The molecule has 1 atom stereocenters. The maximum Gasteiger partial charge on any atom is 0.408 e. The lowest BCUT2D eigenvalue weighted by atomic mass is 10.0. The molecule has 0 bridgehead atoms. The number of nitrogens with one attached hydrogen (secondary N) is 2. The van der Waals surface area contributed by atoms with Crippen LogP contribution < -0.4 is 5.56 Å². The zero-order chi connectivity index (χ0) is 14.1. The quantitative estimate of drug-likeness (QED) is 0.772. The number of hydrogen-bond donors (Lipinski definition) is 3. The number of amides is 1. The van der Waals surface area contributed by atoms with Crippen LogP contribution in [0.5, 0.6) is 0 Å². The zero-order valence-corrected chi connectivity index (χ0v) is 11.5. The maximum atomic E-state index is 11.6. The van der Waals surface area contributed by atoms with Crippen molar-refractivity contribution in [3.63, 3.8) is 0 Å². The highest BCUT2D eigenvalue weighted by molar-refractivity contribution is 5.66. The smallest absolute Gasteiger partial charge is 0.408 e. The molecule has 6 nitrogen and oxygen atoms in total. The molecule has 1 unspecified atom stereocenters. The van der Waals surface area contributed by atoms with E-state index >= 15 is 0 Å². The van der Waals surface area contributed by atoms with Gasteiger partial charge in [-0.25, -0.2) is 4.79 Å². The molecule has 1 rings (SSSR count). The number of carbonyl (C=O) groups is 1. The Morgan fingerprint density at radius 2 is 1.94 bits per heavy atom. The normalized spacial score (nSPS) is 13.4. The largest absolute Gasteiger partial charge is 0.465 e. The lowest BCUT2D eigenvalue weighted by Crippen LogP contribution is -2.46. The van der Waals surface area contributed by atoms with Gasteiger partial charge in [-0.3, -0.25) is 19.9 Å². The van der Waals surface area contributed by atoms with Gasteiger partial charge in [-0.1, -0.05) is 6.92 Å². The molecule has 0 aliphatic heterocycles. The monoisotopic (exact) mass is 255 g/mol. The standard InChI is InChI=1S/C12H21N3O3/c1-6-8-9(13-14-10(8)16)7(2)15(11(17)18)12(3,4)5/h7H,6H2,1-5H3,(H,17,18)(H2,13,14,16). The van der Waals surface area contributed by atoms with Crippen molar-refractivity contribution in [2.45, 2.75) is 52.6 Å². The van der Waals surface area contributed by atoms with E-state index in [4.69, 9.17) is 0 Å². The minimum Gasteiger partial charge on any atom is -0.465 e. The Morgan fingerprint density at radius 3 is 2.33 bits per heavy atom.